The summed E-state index contributed by atoms with van der Waals surface area (Å²) in [7, 11) is 0. The van der Waals surface area contributed by atoms with Crippen molar-refractivity contribution in [3.05, 3.63) is 29.6 Å². The van der Waals surface area contributed by atoms with Crippen LogP contribution in [0.15, 0.2) is 18.2 Å². The Morgan fingerprint density at radius 1 is 1.43 bits per heavy atom. The summed E-state index contributed by atoms with van der Waals surface area (Å²) in [5.74, 6) is -0.481. The van der Waals surface area contributed by atoms with Gasteiger partial charge in [-0.1, -0.05) is 6.07 Å². The van der Waals surface area contributed by atoms with E-state index < -0.39 is 17.5 Å². The van der Waals surface area contributed by atoms with Gasteiger partial charge in [-0.05, 0) is 58.2 Å². The van der Waals surface area contributed by atoms with E-state index in [0.717, 1.165) is 18.4 Å². The van der Waals surface area contributed by atoms with Crippen molar-refractivity contribution in [3.8, 4) is 0 Å². The Morgan fingerprint density at radius 3 is 2.52 bits per heavy atom. The van der Waals surface area contributed by atoms with Crippen LogP contribution in [0.25, 0.3) is 0 Å². The summed E-state index contributed by atoms with van der Waals surface area (Å²) in [6, 6.07) is 4.77. The molecule has 0 saturated heterocycles. The van der Waals surface area contributed by atoms with Gasteiger partial charge in [0.1, 0.15) is 11.4 Å². The molecule has 1 saturated carbocycles. The van der Waals surface area contributed by atoms with Gasteiger partial charge in [0.15, 0.2) is 0 Å². The summed E-state index contributed by atoms with van der Waals surface area (Å²) < 4.78 is 19.0. The van der Waals surface area contributed by atoms with Crippen molar-refractivity contribution in [2.45, 2.75) is 57.6 Å². The van der Waals surface area contributed by atoms with E-state index in [1.54, 1.807) is 32.9 Å². The van der Waals surface area contributed by atoms with E-state index in [4.69, 9.17) is 10.5 Å². The van der Waals surface area contributed by atoms with Gasteiger partial charge in [0, 0.05) is 11.5 Å². The number of hydrogen-bond acceptors (Lipinski definition) is 3. The van der Waals surface area contributed by atoms with E-state index in [0.29, 0.717) is 0 Å². The van der Waals surface area contributed by atoms with Crippen LogP contribution in [0, 0.1) is 5.82 Å². The van der Waals surface area contributed by atoms with E-state index in [2.05, 4.69) is 5.32 Å². The number of hydrogen-bond donors (Lipinski definition) is 2. The second kappa shape index (κ2) is 5.30. The molecule has 1 atom stereocenters. The average Bonchev–Trinajstić information content (AvgIpc) is 3.10. The molecule has 0 heterocycles. The Balaban J connectivity index is 2.19. The Kier molecular flexibility index (Phi) is 3.97. The van der Waals surface area contributed by atoms with Crippen molar-refractivity contribution in [2.24, 2.45) is 5.73 Å². The van der Waals surface area contributed by atoms with Crippen LogP contribution in [0.5, 0.6) is 0 Å². The number of anilines is 1. The molecule has 1 fully saturated rings. The average molecular weight is 294 g/mol. The predicted octanol–water partition coefficient (Wildman–Crippen LogP) is 3.55. The van der Waals surface area contributed by atoms with E-state index in [1.807, 2.05) is 6.92 Å². The Morgan fingerprint density at radius 2 is 2.05 bits per heavy atom. The monoisotopic (exact) mass is 294 g/mol. The third-order valence-electron chi connectivity index (χ3n) is 3.84. The number of nitrogens with one attached hydrogen (secondary N) is 1. The van der Waals surface area contributed by atoms with E-state index >= 15 is 0 Å². The maximum Gasteiger partial charge on any atom is 0.412 e. The maximum atomic E-state index is 13.9. The fourth-order valence-electron chi connectivity index (χ4n) is 2.49. The van der Waals surface area contributed by atoms with E-state index in [1.165, 1.54) is 6.07 Å². The number of carbonyl (C=O) groups excluding carboxylic acids is 1. The Labute approximate surface area is 124 Å². The molecule has 1 aromatic carbocycles. The van der Waals surface area contributed by atoms with Crippen LogP contribution in [-0.2, 0) is 10.2 Å². The van der Waals surface area contributed by atoms with Gasteiger partial charge >= 0.3 is 6.09 Å². The van der Waals surface area contributed by atoms with Crippen LogP contribution in [0.2, 0.25) is 0 Å². The van der Waals surface area contributed by atoms with Crippen LogP contribution in [0.4, 0.5) is 14.9 Å². The SMILES string of the molecule is CC(N)C1(c2ccc(F)c(NC(=O)OC(C)(C)C)c2)CC1. The van der Waals surface area contributed by atoms with Crippen molar-refractivity contribution in [3.63, 3.8) is 0 Å². The minimum atomic E-state index is -0.663. The second-order valence-corrected chi connectivity index (χ2v) is 6.77. The van der Waals surface area contributed by atoms with Crippen LogP contribution >= 0.6 is 0 Å². The molecule has 1 aliphatic carbocycles. The number of benzene rings is 1. The van der Waals surface area contributed by atoms with Gasteiger partial charge in [-0.3, -0.25) is 5.32 Å². The van der Waals surface area contributed by atoms with Crippen molar-refractivity contribution >= 4 is 11.8 Å². The Bertz CT molecular complexity index is 546. The number of nitrogens with two attached hydrogens (primary N) is 1. The molecule has 1 aromatic rings. The minimum Gasteiger partial charge on any atom is -0.444 e. The molecule has 1 aliphatic rings. The lowest BCUT2D eigenvalue weighted by atomic mass is 9.89. The maximum absolute atomic E-state index is 13.9. The zero-order valence-corrected chi connectivity index (χ0v) is 13.0. The fourth-order valence-corrected chi connectivity index (χ4v) is 2.49. The first kappa shape index (κ1) is 15.8. The lowest BCUT2D eigenvalue weighted by Gasteiger charge is -2.22. The number of halogens is 1. The topological polar surface area (TPSA) is 64.3 Å². The molecule has 3 N–H and O–H groups in total. The van der Waals surface area contributed by atoms with Gasteiger partial charge in [0.25, 0.3) is 0 Å². The fraction of sp³-hybridized carbons (Fsp3) is 0.562. The number of rotatable bonds is 3. The van der Waals surface area contributed by atoms with Crippen LogP contribution < -0.4 is 11.1 Å². The molecule has 1 unspecified atom stereocenters. The highest BCUT2D eigenvalue weighted by atomic mass is 19.1. The van der Waals surface area contributed by atoms with Crippen molar-refractivity contribution < 1.29 is 13.9 Å². The van der Waals surface area contributed by atoms with Crippen LogP contribution in [-0.4, -0.2) is 17.7 Å². The zero-order chi connectivity index (χ0) is 15.8. The molecule has 5 heteroatoms. The summed E-state index contributed by atoms with van der Waals surface area (Å²) in [5, 5.41) is 2.47. The van der Waals surface area contributed by atoms with Gasteiger partial charge in [-0.25, -0.2) is 9.18 Å². The van der Waals surface area contributed by atoms with Crippen molar-refractivity contribution in [1.29, 1.82) is 0 Å². The highest BCUT2D eigenvalue weighted by molar-refractivity contribution is 5.85. The molecule has 1 amide bonds. The molecule has 0 aliphatic heterocycles. The van der Waals surface area contributed by atoms with Crippen molar-refractivity contribution in [2.75, 3.05) is 5.32 Å². The first-order chi connectivity index (χ1) is 9.64. The molecule has 0 bridgehead atoms. The summed E-state index contributed by atoms with van der Waals surface area (Å²) in [6.07, 6.45) is 1.31. The molecule has 0 aromatic heterocycles. The molecule has 116 valence electrons. The zero-order valence-electron chi connectivity index (χ0n) is 13.0. The van der Waals surface area contributed by atoms with Gasteiger partial charge in [0.05, 0.1) is 5.69 Å². The molecule has 21 heavy (non-hydrogen) atoms. The molecule has 0 radical (unpaired) electrons. The van der Waals surface area contributed by atoms with Gasteiger partial charge in [-0.15, -0.1) is 0 Å². The first-order valence-electron chi connectivity index (χ1n) is 7.20. The molecule has 0 spiro atoms. The largest absolute Gasteiger partial charge is 0.444 e. The van der Waals surface area contributed by atoms with E-state index in [-0.39, 0.29) is 17.1 Å². The summed E-state index contributed by atoms with van der Waals surface area (Å²) in [4.78, 5) is 11.8. The number of carbonyl (C=O) groups is 1. The van der Waals surface area contributed by atoms with Gasteiger partial charge in [-0.2, -0.15) is 0 Å². The molecule has 4 nitrogen and oxygen atoms in total. The highest BCUT2D eigenvalue weighted by Gasteiger charge is 2.47. The van der Waals surface area contributed by atoms with Gasteiger partial charge in [0.2, 0.25) is 0 Å². The van der Waals surface area contributed by atoms with Crippen LogP contribution in [0.1, 0.15) is 46.1 Å². The third kappa shape index (κ3) is 3.53. The summed E-state index contributed by atoms with van der Waals surface area (Å²) in [5.41, 5.74) is 6.42. The lowest BCUT2D eigenvalue weighted by molar-refractivity contribution is 0.0635. The quantitative estimate of drug-likeness (QED) is 0.896. The molecular formula is C16H23FN2O2. The molecular weight excluding hydrogens is 271 g/mol. The number of ether oxygens (including phenoxy) is 1. The summed E-state index contributed by atoms with van der Waals surface area (Å²) in [6.45, 7) is 7.23. The number of amides is 1. The predicted molar refractivity (Wildman–Crippen MR) is 80.8 cm³/mol. The normalized spacial score (nSPS) is 18.0. The standard InChI is InChI=1S/C16H23FN2O2/c1-10(18)16(7-8-16)11-5-6-12(17)13(9-11)19-14(20)21-15(2,3)4/h5-6,9-10H,7-8,18H2,1-4H3,(H,19,20). The third-order valence-corrected chi connectivity index (χ3v) is 3.84. The smallest absolute Gasteiger partial charge is 0.412 e. The molecule has 2 rings (SSSR count). The second-order valence-electron chi connectivity index (χ2n) is 6.77. The minimum absolute atomic E-state index is 0.00246. The van der Waals surface area contributed by atoms with E-state index in [9.17, 15) is 9.18 Å². The van der Waals surface area contributed by atoms with Crippen molar-refractivity contribution in [1.82, 2.24) is 0 Å². The van der Waals surface area contributed by atoms with Gasteiger partial charge < -0.3 is 10.5 Å². The summed E-state index contributed by atoms with van der Waals surface area (Å²) >= 11 is 0. The lowest BCUT2D eigenvalue weighted by Crippen LogP contribution is -2.32. The highest BCUT2D eigenvalue weighted by Crippen LogP contribution is 2.50. The first-order valence-corrected chi connectivity index (χ1v) is 7.20. The van der Waals surface area contributed by atoms with Crippen LogP contribution in [0.3, 0.4) is 0 Å². The Hall–Kier alpha value is -1.62.